The maximum atomic E-state index is 12.3. The van der Waals surface area contributed by atoms with Crippen LogP contribution in [0.4, 0.5) is 11.6 Å². The van der Waals surface area contributed by atoms with E-state index in [1.54, 1.807) is 10.7 Å². The predicted octanol–water partition coefficient (Wildman–Crippen LogP) is 3.21. The van der Waals surface area contributed by atoms with E-state index in [0.29, 0.717) is 28.9 Å². The van der Waals surface area contributed by atoms with E-state index in [0.717, 1.165) is 22.0 Å². The molecule has 32 heavy (non-hydrogen) atoms. The second kappa shape index (κ2) is 7.45. The molecule has 1 aliphatic carbocycles. The average Bonchev–Trinajstić information content (AvgIpc) is 3.35. The first-order valence-electron chi connectivity index (χ1n) is 10.1. The summed E-state index contributed by atoms with van der Waals surface area (Å²) in [5.41, 5.74) is 1.86. The Bertz CT molecular complexity index is 1540. The van der Waals surface area contributed by atoms with Crippen LogP contribution in [0.25, 0.3) is 27.9 Å². The molecule has 10 nitrogen and oxygen atoms in total. The summed E-state index contributed by atoms with van der Waals surface area (Å²) in [6.07, 6.45) is 10.5. The van der Waals surface area contributed by atoms with Crippen molar-refractivity contribution >= 4 is 44.1 Å². The zero-order chi connectivity index (χ0) is 21.7. The largest absolute Gasteiger partial charge is 0.318 e. The van der Waals surface area contributed by atoms with E-state index < -0.39 is 5.56 Å². The van der Waals surface area contributed by atoms with Crippen molar-refractivity contribution in [2.24, 2.45) is 5.92 Å². The zero-order valence-corrected chi connectivity index (χ0v) is 18.3. The minimum absolute atomic E-state index is 0.185. The molecule has 0 saturated heterocycles. The van der Waals surface area contributed by atoms with E-state index in [-0.39, 0.29) is 5.69 Å². The van der Waals surface area contributed by atoms with Crippen molar-refractivity contribution in [2.75, 3.05) is 5.32 Å². The van der Waals surface area contributed by atoms with E-state index >= 15 is 0 Å². The first kappa shape index (κ1) is 19.0. The van der Waals surface area contributed by atoms with Gasteiger partial charge in [0, 0.05) is 35.0 Å². The summed E-state index contributed by atoms with van der Waals surface area (Å²) in [6.45, 7) is 0.912. The lowest BCUT2D eigenvalue weighted by atomic mass is 10.2. The number of rotatable bonds is 5. The van der Waals surface area contributed by atoms with Crippen LogP contribution < -0.4 is 10.9 Å². The number of hydrogen-bond donors (Lipinski definition) is 1. The highest BCUT2D eigenvalue weighted by Crippen LogP contribution is 2.31. The van der Waals surface area contributed by atoms with E-state index in [1.807, 2.05) is 29.1 Å². The molecule has 0 atom stereocenters. The van der Waals surface area contributed by atoms with Gasteiger partial charge in [-0.05, 0) is 46.8 Å². The Labute approximate surface area is 189 Å². The molecule has 1 aromatic carbocycles. The van der Waals surface area contributed by atoms with Gasteiger partial charge in [0.2, 0.25) is 5.95 Å². The van der Waals surface area contributed by atoms with Gasteiger partial charge in [-0.2, -0.15) is 9.61 Å². The van der Waals surface area contributed by atoms with Gasteiger partial charge in [0.15, 0.2) is 11.5 Å². The van der Waals surface area contributed by atoms with Gasteiger partial charge in [-0.25, -0.2) is 15.0 Å². The van der Waals surface area contributed by atoms with Crippen LogP contribution in [-0.4, -0.2) is 39.3 Å². The van der Waals surface area contributed by atoms with Gasteiger partial charge in [0.1, 0.15) is 5.69 Å². The molecule has 1 aliphatic rings. The van der Waals surface area contributed by atoms with Gasteiger partial charge in [0.05, 0.1) is 23.5 Å². The number of halogens is 1. The van der Waals surface area contributed by atoms with Crippen molar-refractivity contribution < 1.29 is 0 Å². The number of nitrogens with zero attached hydrogens (tertiary/aromatic N) is 8. The number of hydrogen-bond acceptors (Lipinski definition) is 8. The third kappa shape index (κ3) is 3.40. The quantitative estimate of drug-likeness (QED) is 0.400. The van der Waals surface area contributed by atoms with E-state index in [2.05, 4.69) is 41.4 Å². The Morgan fingerprint density at radius 1 is 1.16 bits per heavy atom. The Kier molecular flexibility index (Phi) is 4.42. The molecule has 1 fully saturated rings. The highest BCUT2D eigenvalue weighted by atomic mass is 79.9. The second-order valence-electron chi connectivity index (χ2n) is 7.69. The van der Waals surface area contributed by atoms with Gasteiger partial charge in [-0.1, -0.05) is 6.07 Å². The van der Waals surface area contributed by atoms with Crippen LogP contribution in [0.1, 0.15) is 12.8 Å². The Morgan fingerprint density at radius 2 is 2.06 bits per heavy atom. The van der Waals surface area contributed by atoms with Crippen molar-refractivity contribution in [3.05, 3.63) is 64.0 Å². The summed E-state index contributed by atoms with van der Waals surface area (Å²) in [4.78, 5) is 29.6. The fourth-order valence-corrected chi connectivity index (χ4v) is 3.99. The number of para-hydroxylation sites is 1. The normalized spacial score (nSPS) is 13.7. The average molecular weight is 490 g/mol. The van der Waals surface area contributed by atoms with Crippen LogP contribution in [0, 0.1) is 5.92 Å². The Morgan fingerprint density at radius 3 is 2.94 bits per heavy atom. The molecule has 1 saturated carbocycles. The molecular formula is C21H16BrN9O. The summed E-state index contributed by atoms with van der Waals surface area (Å²) in [5.74, 6) is 1.57. The van der Waals surface area contributed by atoms with Crippen LogP contribution >= 0.6 is 15.9 Å². The summed E-state index contributed by atoms with van der Waals surface area (Å²) in [5, 5.41) is 13.0. The molecule has 0 aliphatic heterocycles. The predicted molar refractivity (Wildman–Crippen MR) is 122 cm³/mol. The standard InChI is InChI=1S/C21H16BrN9O/c22-15-3-1-2-14-17(15)27-21(26-16-9-23-6-7-24-20(16)32)31-19(14)28-18(29-31)13-8-25-30(11-13)10-12-4-5-12/h1-3,6-9,11-12H,4-5,10H2,(H,24,26,27,32). The molecule has 6 rings (SSSR count). The number of nitrogens with one attached hydrogen (secondary N) is 1. The molecule has 0 bridgehead atoms. The molecule has 0 spiro atoms. The van der Waals surface area contributed by atoms with Gasteiger partial charge in [0.25, 0.3) is 5.56 Å². The van der Waals surface area contributed by atoms with Crippen LogP contribution in [0.3, 0.4) is 0 Å². The van der Waals surface area contributed by atoms with Gasteiger partial charge >= 0.3 is 0 Å². The molecular weight excluding hydrogens is 474 g/mol. The topological polar surface area (TPSA) is 116 Å². The molecule has 0 radical (unpaired) electrons. The maximum absolute atomic E-state index is 12.3. The molecule has 0 amide bonds. The van der Waals surface area contributed by atoms with Crippen molar-refractivity contribution in [3.63, 3.8) is 0 Å². The fourth-order valence-electron chi connectivity index (χ4n) is 3.53. The highest BCUT2D eigenvalue weighted by Gasteiger charge is 2.23. The van der Waals surface area contributed by atoms with Crippen molar-refractivity contribution in [3.8, 4) is 11.4 Å². The first-order valence-corrected chi connectivity index (χ1v) is 10.9. The molecule has 0 unspecified atom stereocenters. The third-order valence-corrected chi connectivity index (χ3v) is 5.95. The van der Waals surface area contributed by atoms with E-state index in [9.17, 15) is 4.79 Å². The minimum Gasteiger partial charge on any atom is -0.318 e. The minimum atomic E-state index is -0.452. The van der Waals surface area contributed by atoms with E-state index in [4.69, 9.17) is 9.97 Å². The molecule has 4 aromatic heterocycles. The third-order valence-electron chi connectivity index (χ3n) is 5.31. The van der Waals surface area contributed by atoms with Crippen molar-refractivity contribution in [1.82, 2.24) is 39.3 Å². The lowest BCUT2D eigenvalue weighted by molar-refractivity contribution is 0.563. The van der Waals surface area contributed by atoms with Crippen LogP contribution in [-0.2, 0) is 6.54 Å². The van der Waals surface area contributed by atoms with E-state index in [1.165, 1.54) is 31.4 Å². The second-order valence-corrected chi connectivity index (χ2v) is 8.54. The number of fused-ring (bicyclic) bond motifs is 3. The lowest BCUT2D eigenvalue weighted by Crippen LogP contribution is -2.12. The molecule has 158 valence electrons. The maximum Gasteiger partial charge on any atom is 0.295 e. The van der Waals surface area contributed by atoms with Crippen molar-refractivity contribution in [2.45, 2.75) is 19.4 Å². The van der Waals surface area contributed by atoms with Crippen LogP contribution in [0.5, 0.6) is 0 Å². The molecule has 11 heteroatoms. The Balaban J connectivity index is 1.53. The van der Waals surface area contributed by atoms with Crippen molar-refractivity contribution in [1.29, 1.82) is 0 Å². The molecule has 5 aromatic rings. The summed E-state index contributed by atoms with van der Waals surface area (Å²) in [6, 6.07) is 5.76. The Hall–Kier alpha value is -3.73. The number of aromatic nitrogens is 8. The van der Waals surface area contributed by atoms with Gasteiger partial charge < -0.3 is 5.32 Å². The SMILES string of the molecule is O=c1nccncc1Nc1nc2c(Br)cccc2c2nc(-c3cnn(CC4CC4)c3)nn12. The van der Waals surface area contributed by atoms with Crippen LogP contribution in [0.2, 0.25) is 0 Å². The first-order chi connectivity index (χ1) is 15.7. The summed E-state index contributed by atoms with van der Waals surface area (Å²) >= 11 is 3.56. The van der Waals surface area contributed by atoms with Gasteiger partial charge in [-0.3, -0.25) is 14.5 Å². The smallest absolute Gasteiger partial charge is 0.295 e. The number of anilines is 2. The lowest BCUT2D eigenvalue weighted by Gasteiger charge is -2.08. The monoisotopic (exact) mass is 489 g/mol. The molecule has 1 N–H and O–H groups in total. The zero-order valence-electron chi connectivity index (χ0n) is 16.7. The summed E-state index contributed by atoms with van der Waals surface area (Å²) in [7, 11) is 0. The van der Waals surface area contributed by atoms with Crippen LogP contribution in [0.15, 0.2) is 58.5 Å². The highest BCUT2D eigenvalue weighted by molar-refractivity contribution is 9.10. The number of benzene rings is 1. The molecule has 4 heterocycles. The van der Waals surface area contributed by atoms with Gasteiger partial charge in [-0.15, -0.1) is 5.10 Å². The fraction of sp³-hybridized carbons (Fsp3) is 0.190. The summed E-state index contributed by atoms with van der Waals surface area (Å²) < 4.78 is 4.34.